The lowest BCUT2D eigenvalue weighted by Crippen LogP contribution is -2.36. The van der Waals surface area contributed by atoms with Crippen LogP contribution in [0.25, 0.3) is 22.5 Å². The van der Waals surface area contributed by atoms with Crippen LogP contribution in [-0.2, 0) is 13.6 Å². The number of nitrogens with one attached hydrogen (secondary N) is 2. The first kappa shape index (κ1) is 19.2. The highest BCUT2D eigenvalue weighted by Crippen LogP contribution is 2.35. The van der Waals surface area contributed by atoms with Gasteiger partial charge in [0.25, 0.3) is 0 Å². The van der Waals surface area contributed by atoms with Gasteiger partial charge in [0.2, 0.25) is 5.82 Å². The molecule has 0 aliphatic heterocycles. The standard InChI is InChI=1S/C18H16ClF2N7O/c1-28-26-17(25-27-28)16-12(5-10(19)6-14(16)21)9-4-13(20)15(22-7-9)8-23-18(29)24-11-2-3-11/h4-7,11H,2-3,8H2,1H3,(H2,23,24,29). The van der Waals surface area contributed by atoms with Crippen molar-refractivity contribution in [2.24, 2.45) is 7.05 Å². The van der Waals surface area contributed by atoms with Crippen LogP contribution in [0, 0.1) is 11.6 Å². The number of carbonyl (C=O) groups excluding carboxylic acids is 1. The van der Waals surface area contributed by atoms with Gasteiger partial charge in [0.1, 0.15) is 11.6 Å². The molecule has 8 nitrogen and oxygen atoms in total. The zero-order valence-corrected chi connectivity index (χ0v) is 16.0. The van der Waals surface area contributed by atoms with Crippen LogP contribution < -0.4 is 10.6 Å². The number of benzene rings is 1. The molecule has 150 valence electrons. The Morgan fingerprint density at radius 2 is 2.07 bits per heavy atom. The molecule has 2 amide bonds. The van der Waals surface area contributed by atoms with Crippen molar-refractivity contribution in [2.45, 2.75) is 25.4 Å². The van der Waals surface area contributed by atoms with Crippen molar-refractivity contribution in [3.8, 4) is 22.5 Å². The molecule has 0 radical (unpaired) electrons. The summed E-state index contributed by atoms with van der Waals surface area (Å²) in [6, 6.07) is 3.63. The van der Waals surface area contributed by atoms with Gasteiger partial charge in [-0.15, -0.1) is 10.2 Å². The summed E-state index contributed by atoms with van der Waals surface area (Å²) >= 11 is 6.00. The molecular weight excluding hydrogens is 404 g/mol. The van der Waals surface area contributed by atoms with E-state index in [0.29, 0.717) is 0 Å². The number of amides is 2. The van der Waals surface area contributed by atoms with E-state index in [9.17, 15) is 13.6 Å². The molecule has 2 aromatic heterocycles. The summed E-state index contributed by atoms with van der Waals surface area (Å²) in [5.41, 5.74) is 0.665. The first-order chi connectivity index (χ1) is 13.9. The van der Waals surface area contributed by atoms with E-state index in [4.69, 9.17) is 11.6 Å². The van der Waals surface area contributed by atoms with Crippen molar-refractivity contribution in [2.75, 3.05) is 0 Å². The molecule has 4 rings (SSSR count). The Kier molecular flexibility index (Phi) is 5.10. The monoisotopic (exact) mass is 419 g/mol. The second-order valence-corrected chi connectivity index (χ2v) is 7.10. The zero-order valence-electron chi connectivity index (χ0n) is 15.3. The minimum atomic E-state index is -0.664. The minimum absolute atomic E-state index is 0.0402. The summed E-state index contributed by atoms with van der Waals surface area (Å²) in [6.45, 7) is -0.0762. The third-order valence-electron chi connectivity index (χ3n) is 4.34. The summed E-state index contributed by atoms with van der Waals surface area (Å²) in [5, 5.41) is 17.0. The normalized spacial score (nSPS) is 13.4. The van der Waals surface area contributed by atoms with Crippen molar-refractivity contribution in [3.63, 3.8) is 0 Å². The minimum Gasteiger partial charge on any atom is -0.335 e. The molecule has 0 atom stereocenters. The van der Waals surface area contributed by atoms with Crippen LogP contribution in [0.15, 0.2) is 24.4 Å². The Balaban J connectivity index is 1.63. The highest BCUT2D eigenvalue weighted by atomic mass is 35.5. The van der Waals surface area contributed by atoms with E-state index < -0.39 is 11.6 Å². The van der Waals surface area contributed by atoms with Crippen molar-refractivity contribution in [1.82, 2.24) is 35.8 Å². The van der Waals surface area contributed by atoms with E-state index in [-0.39, 0.29) is 51.8 Å². The molecule has 0 bridgehead atoms. The molecule has 0 saturated heterocycles. The average Bonchev–Trinajstić information content (AvgIpc) is 3.38. The second-order valence-electron chi connectivity index (χ2n) is 6.67. The number of rotatable bonds is 5. The Labute approximate surface area is 169 Å². The molecule has 1 fully saturated rings. The van der Waals surface area contributed by atoms with Gasteiger partial charge in [0, 0.05) is 22.8 Å². The van der Waals surface area contributed by atoms with Gasteiger partial charge in [-0.25, -0.2) is 13.6 Å². The van der Waals surface area contributed by atoms with Crippen molar-refractivity contribution < 1.29 is 13.6 Å². The number of carbonyl (C=O) groups is 1. The number of hydrogen-bond donors (Lipinski definition) is 2. The quantitative estimate of drug-likeness (QED) is 0.662. The Bertz CT molecular complexity index is 1080. The molecule has 1 aliphatic carbocycles. The number of tetrazole rings is 1. The molecule has 1 aromatic carbocycles. The maximum absolute atomic E-state index is 14.6. The largest absolute Gasteiger partial charge is 0.335 e. The number of nitrogens with zero attached hydrogens (tertiary/aromatic N) is 5. The van der Waals surface area contributed by atoms with E-state index in [1.807, 2.05) is 0 Å². The predicted octanol–water partition coefficient (Wildman–Crippen LogP) is 2.83. The maximum Gasteiger partial charge on any atom is 0.315 e. The number of aromatic nitrogens is 5. The fourth-order valence-electron chi connectivity index (χ4n) is 2.78. The van der Waals surface area contributed by atoms with Crippen LogP contribution in [0.3, 0.4) is 0 Å². The molecule has 2 N–H and O–H groups in total. The van der Waals surface area contributed by atoms with Crippen LogP contribution in [0.1, 0.15) is 18.5 Å². The number of urea groups is 1. The molecule has 1 aliphatic rings. The molecule has 1 saturated carbocycles. The number of hydrogen-bond acceptors (Lipinski definition) is 5. The third kappa shape index (κ3) is 4.32. The topological polar surface area (TPSA) is 97.6 Å². The molecule has 0 unspecified atom stereocenters. The Morgan fingerprint density at radius 3 is 2.72 bits per heavy atom. The Morgan fingerprint density at radius 1 is 1.28 bits per heavy atom. The zero-order chi connectivity index (χ0) is 20.5. The number of pyridine rings is 1. The summed E-state index contributed by atoms with van der Waals surface area (Å²) in [6.07, 6.45) is 3.28. The lowest BCUT2D eigenvalue weighted by Gasteiger charge is -2.11. The van der Waals surface area contributed by atoms with Crippen LogP contribution in [0.4, 0.5) is 13.6 Å². The highest BCUT2D eigenvalue weighted by Gasteiger charge is 2.23. The van der Waals surface area contributed by atoms with E-state index in [1.165, 1.54) is 23.1 Å². The van der Waals surface area contributed by atoms with E-state index in [1.54, 1.807) is 7.05 Å². The molecule has 0 spiro atoms. The van der Waals surface area contributed by atoms with Gasteiger partial charge >= 0.3 is 6.03 Å². The maximum atomic E-state index is 14.6. The molecule has 11 heteroatoms. The van der Waals surface area contributed by atoms with E-state index >= 15 is 0 Å². The van der Waals surface area contributed by atoms with Crippen LogP contribution >= 0.6 is 11.6 Å². The lowest BCUT2D eigenvalue weighted by molar-refractivity contribution is 0.240. The first-order valence-corrected chi connectivity index (χ1v) is 9.21. The van der Waals surface area contributed by atoms with Crippen molar-refractivity contribution >= 4 is 17.6 Å². The lowest BCUT2D eigenvalue weighted by atomic mass is 9.99. The summed E-state index contributed by atoms with van der Waals surface area (Å²) in [4.78, 5) is 17.0. The van der Waals surface area contributed by atoms with Gasteiger partial charge in [0.15, 0.2) is 0 Å². The SMILES string of the molecule is Cn1nnc(-c2c(F)cc(Cl)cc2-c2cnc(CNC(=O)NC3CC3)c(F)c2)n1. The molecule has 29 heavy (non-hydrogen) atoms. The molecular formula is C18H16ClF2N7O. The fourth-order valence-corrected chi connectivity index (χ4v) is 2.99. The number of aryl methyl sites for hydroxylation is 1. The predicted molar refractivity (Wildman–Crippen MR) is 101 cm³/mol. The second kappa shape index (κ2) is 7.70. The Hall–Kier alpha value is -3.14. The van der Waals surface area contributed by atoms with Gasteiger partial charge in [-0.05, 0) is 41.8 Å². The van der Waals surface area contributed by atoms with E-state index in [0.717, 1.165) is 18.9 Å². The smallest absolute Gasteiger partial charge is 0.315 e. The van der Waals surface area contributed by atoms with Crippen LogP contribution in [0.5, 0.6) is 0 Å². The van der Waals surface area contributed by atoms with Crippen LogP contribution in [0.2, 0.25) is 5.02 Å². The summed E-state index contributed by atoms with van der Waals surface area (Å²) < 4.78 is 29.2. The van der Waals surface area contributed by atoms with Gasteiger partial charge in [-0.2, -0.15) is 4.80 Å². The van der Waals surface area contributed by atoms with Crippen molar-refractivity contribution in [1.29, 1.82) is 0 Å². The number of halogens is 3. The van der Waals surface area contributed by atoms with Gasteiger partial charge in [0.05, 0.1) is 24.8 Å². The average molecular weight is 420 g/mol. The van der Waals surface area contributed by atoms with Gasteiger partial charge in [-0.1, -0.05) is 11.6 Å². The van der Waals surface area contributed by atoms with Crippen molar-refractivity contribution in [3.05, 3.63) is 46.7 Å². The molecule has 2 heterocycles. The first-order valence-electron chi connectivity index (χ1n) is 8.83. The van der Waals surface area contributed by atoms with Crippen LogP contribution in [-0.4, -0.2) is 37.3 Å². The highest BCUT2D eigenvalue weighted by molar-refractivity contribution is 6.31. The third-order valence-corrected chi connectivity index (χ3v) is 4.56. The fraction of sp³-hybridized carbons (Fsp3) is 0.278. The summed E-state index contributed by atoms with van der Waals surface area (Å²) in [7, 11) is 1.55. The van der Waals surface area contributed by atoms with Gasteiger partial charge < -0.3 is 10.6 Å². The molecule has 3 aromatic rings. The summed E-state index contributed by atoms with van der Waals surface area (Å²) in [5.74, 6) is -1.27. The van der Waals surface area contributed by atoms with E-state index in [2.05, 4.69) is 31.0 Å². The van der Waals surface area contributed by atoms with Gasteiger partial charge in [-0.3, -0.25) is 4.98 Å².